The first kappa shape index (κ1) is 25.1. The summed E-state index contributed by atoms with van der Waals surface area (Å²) in [5.74, 6) is 1.86. The molecular formula is C29H35N7O2S. The number of nitrogens with one attached hydrogen (secondary N) is 1. The van der Waals surface area contributed by atoms with E-state index in [9.17, 15) is 4.79 Å². The molecule has 3 aliphatic rings. The molecule has 1 aromatic carbocycles. The Labute approximate surface area is 232 Å². The van der Waals surface area contributed by atoms with Crippen LogP contribution in [0.4, 0.5) is 0 Å². The van der Waals surface area contributed by atoms with Crippen molar-refractivity contribution in [2.24, 2.45) is 0 Å². The Morgan fingerprint density at radius 3 is 2.77 bits per heavy atom. The highest BCUT2D eigenvalue weighted by Gasteiger charge is 2.32. The number of imidazole rings is 1. The number of nitrogens with zero attached hydrogens (tertiary/aromatic N) is 6. The summed E-state index contributed by atoms with van der Waals surface area (Å²) in [7, 11) is 0. The van der Waals surface area contributed by atoms with Gasteiger partial charge >= 0.3 is 0 Å². The molecule has 3 fully saturated rings. The summed E-state index contributed by atoms with van der Waals surface area (Å²) in [6.45, 7) is 7.33. The van der Waals surface area contributed by atoms with E-state index in [1.54, 1.807) is 11.3 Å². The molecule has 0 spiro atoms. The van der Waals surface area contributed by atoms with Gasteiger partial charge in [-0.05, 0) is 31.0 Å². The van der Waals surface area contributed by atoms with E-state index in [-0.39, 0.29) is 12.0 Å². The van der Waals surface area contributed by atoms with Crippen LogP contribution in [0.2, 0.25) is 0 Å². The molecule has 10 heteroatoms. The predicted molar refractivity (Wildman–Crippen MR) is 152 cm³/mol. The molecule has 9 nitrogen and oxygen atoms in total. The summed E-state index contributed by atoms with van der Waals surface area (Å²) in [6.07, 6.45) is 5.47. The SMILES string of the molecule is CCc1nc2ccccc2n1-c1nc(C2CNCCO2)c2sc(CN3CCN(C4CCCC4)C(=O)C3)cc2n1. The van der Waals surface area contributed by atoms with Gasteiger partial charge in [0.05, 0.1) is 40.1 Å². The molecule has 4 aromatic rings. The van der Waals surface area contributed by atoms with Crippen LogP contribution in [0.25, 0.3) is 27.2 Å². The van der Waals surface area contributed by atoms with Crippen LogP contribution >= 0.6 is 11.3 Å². The van der Waals surface area contributed by atoms with Crippen molar-refractivity contribution < 1.29 is 9.53 Å². The molecule has 39 heavy (non-hydrogen) atoms. The maximum Gasteiger partial charge on any atom is 0.237 e. The van der Waals surface area contributed by atoms with Crippen molar-refractivity contribution >= 4 is 38.5 Å². The van der Waals surface area contributed by atoms with Crippen LogP contribution in [0.1, 0.15) is 55.1 Å². The van der Waals surface area contributed by atoms with Gasteiger partial charge in [-0.15, -0.1) is 11.3 Å². The zero-order chi connectivity index (χ0) is 26.3. The van der Waals surface area contributed by atoms with Gasteiger partial charge in [-0.25, -0.2) is 15.0 Å². The Kier molecular flexibility index (Phi) is 6.80. The molecule has 1 saturated carbocycles. The van der Waals surface area contributed by atoms with E-state index in [1.165, 1.54) is 17.7 Å². The number of carbonyl (C=O) groups is 1. The lowest BCUT2D eigenvalue weighted by molar-refractivity contribution is -0.138. The Hall–Kier alpha value is -2.92. The highest BCUT2D eigenvalue weighted by molar-refractivity contribution is 7.19. The smallest absolute Gasteiger partial charge is 0.237 e. The first-order valence-corrected chi connectivity index (χ1v) is 15.1. The number of hydrogen-bond acceptors (Lipinski definition) is 8. The van der Waals surface area contributed by atoms with Crippen LogP contribution < -0.4 is 5.32 Å². The number of morpholine rings is 1. The van der Waals surface area contributed by atoms with Gasteiger partial charge in [0.2, 0.25) is 11.9 Å². The largest absolute Gasteiger partial charge is 0.369 e. The summed E-state index contributed by atoms with van der Waals surface area (Å²) in [6, 6.07) is 10.8. The normalized spacial score (nSPS) is 21.5. The van der Waals surface area contributed by atoms with Gasteiger partial charge in [-0.1, -0.05) is 31.9 Å². The molecule has 1 amide bonds. The monoisotopic (exact) mass is 545 g/mol. The van der Waals surface area contributed by atoms with Gasteiger partial charge in [0.15, 0.2) is 0 Å². The van der Waals surface area contributed by atoms with E-state index in [2.05, 4.69) is 38.7 Å². The number of para-hydroxylation sites is 2. The summed E-state index contributed by atoms with van der Waals surface area (Å²) in [5, 5.41) is 3.46. The third-order valence-corrected chi connectivity index (χ3v) is 9.43. The molecule has 3 aromatic heterocycles. The average Bonchev–Trinajstić information content (AvgIpc) is 3.71. The molecule has 5 heterocycles. The highest BCUT2D eigenvalue weighted by Crippen LogP contribution is 2.34. The number of fused-ring (bicyclic) bond motifs is 2. The van der Waals surface area contributed by atoms with Crippen molar-refractivity contribution in [1.82, 2.24) is 34.6 Å². The quantitative estimate of drug-likeness (QED) is 0.394. The van der Waals surface area contributed by atoms with Gasteiger partial charge in [0, 0.05) is 50.1 Å². The Balaban J connectivity index is 1.23. The van der Waals surface area contributed by atoms with Gasteiger partial charge in [-0.2, -0.15) is 0 Å². The first-order chi connectivity index (χ1) is 19.2. The second-order valence-electron chi connectivity index (χ2n) is 10.8. The number of ether oxygens (including phenoxy) is 1. The second kappa shape index (κ2) is 10.6. The van der Waals surface area contributed by atoms with E-state index in [1.807, 2.05) is 18.2 Å². The molecule has 2 saturated heterocycles. The fourth-order valence-electron chi connectivity index (χ4n) is 6.35. The van der Waals surface area contributed by atoms with Crippen LogP contribution in [0.5, 0.6) is 0 Å². The number of carbonyl (C=O) groups excluding carboxylic acids is 1. The molecule has 0 bridgehead atoms. The summed E-state index contributed by atoms with van der Waals surface area (Å²) >= 11 is 1.73. The number of piperazine rings is 1. The lowest BCUT2D eigenvalue weighted by Crippen LogP contribution is -2.53. The molecule has 2 aliphatic heterocycles. The third kappa shape index (κ3) is 4.73. The molecule has 0 radical (unpaired) electrons. The third-order valence-electron chi connectivity index (χ3n) is 8.30. The number of amides is 1. The molecule has 1 unspecified atom stereocenters. The van der Waals surface area contributed by atoms with E-state index in [0.717, 1.165) is 84.8 Å². The first-order valence-electron chi connectivity index (χ1n) is 14.3. The number of aryl methyl sites for hydroxylation is 1. The maximum absolute atomic E-state index is 13.0. The summed E-state index contributed by atoms with van der Waals surface area (Å²) in [5.41, 5.74) is 3.82. The van der Waals surface area contributed by atoms with Gasteiger partial charge in [-0.3, -0.25) is 14.3 Å². The van der Waals surface area contributed by atoms with Crippen molar-refractivity contribution in [2.45, 2.75) is 57.7 Å². The highest BCUT2D eigenvalue weighted by atomic mass is 32.1. The van der Waals surface area contributed by atoms with Gasteiger partial charge in [0.25, 0.3) is 0 Å². The fraction of sp³-hybridized carbons (Fsp3) is 0.517. The van der Waals surface area contributed by atoms with Crippen LogP contribution in [0.15, 0.2) is 30.3 Å². The summed E-state index contributed by atoms with van der Waals surface area (Å²) in [4.78, 5) is 33.7. The zero-order valence-corrected chi connectivity index (χ0v) is 23.3. The van der Waals surface area contributed by atoms with Crippen molar-refractivity contribution in [3.8, 4) is 5.95 Å². The van der Waals surface area contributed by atoms with Crippen molar-refractivity contribution in [2.75, 3.05) is 39.3 Å². The maximum atomic E-state index is 13.0. The topological polar surface area (TPSA) is 88.4 Å². The molecule has 1 atom stereocenters. The van der Waals surface area contributed by atoms with Crippen molar-refractivity contribution in [3.05, 3.63) is 46.7 Å². The van der Waals surface area contributed by atoms with Crippen LogP contribution in [-0.4, -0.2) is 80.6 Å². The predicted octanol–water partition coefficient (Wildman–Crippen LogP) is 3.84. The Morgan fingerprint density at radius 1 is 1.10 bits per heavy atom. The number of thiophene rings is 1. The molecule has 1 aliphatic carbocycles. The minimum atomic E-state index is -0.133. The average molecular weight is 546 g/mol. The van der Waals surface area contributed by atoms with E-state index in [0.29, 0.717) is 25.1 Å². The van der Waals surface area contributed by atoms with Crippen molar-refractivity contribution in [1.29, 1.82) is 0 Å². The van der Waals surface area contributed by atoms with E-state index < -0.39 is 0 Å². The number of aromatic nitrogens is 4. The second-order valence-corrected chi connectivity index (χ2v) is 12.0. The molecule has 7 rings (SSSR count). The number of benzene rings is 1. The van der Waals surface area contributed by atoms with Gasteiger partial charge < -0.3 is 15.0 Å². The standard InChI is InChI=1S/C29H35N7O2S/c1-2-25-31-21-9-5-6-10-23(21)36(25)29-32-22-15-20(39-28(22)27(33-29)24-16-30-11-14-38-24)17-34-12-13-35(26(37)18-34)19-7-3-4-8-19/h5-6,9-10,15,19,24,30H,2-4,7-8,11-14,16-18H2,1H3. The lowest BCUT2D eigenvalue weighted by atomic mass is 10.1. The lowest BCUT2D eigenvalue weighted by Gasteiger charge is -2.37. The van der Waals surface area contributed by atoms with Crippen LogP contribution in [0, 0.1) is 0 Å². The van der Waals surface area contributed by atoms with E-state index >= 15 is 0 Å². The fourth-order valence-corrected chi connectivity index (χ4v) is 7.53. The van der Waals surface area contributed by atoms with E-state index in [4.69, 9.17) is 19.7 Å². The summed E-state index contributed by atoms with van der Waals surface area (Å²) < 4.78 is 9.35. The minimum absolute atomic E-state index is 0.133. The molecular weight excluding hydrogens is 510 g/mol. The number of rotatable bonds is 6. The molecule has 1 N–H and O–H groups in total. The van der Waals surface area contributed by atoms with Crippen LogP contribution in [0.3, 0.4) is 0 Å². The zero-order valence-electron chi connectivity index (χ0n) is 22.4. The minimum Gasteiger partial charge on any atom is -0.369 e. The van der Waals surface area contributed by atoms with Crippen molar-refractivity contribution in [3.63, 3.8) is 0 Å². The Bertz CT molecular complexity index is 1500. The Morgan fingerprint density at radius 2 is 1.97 bits per heavy atom. The van der Waals surface area contributed by atoms with Gasteiger partial charge in [0.1, 0.15) is 11.9 Å². The number of hydrogen-bond donors (Lipinski definition) is 1. The molecule has 204 valence electrons. The van der Waals surface area contributed by atoms with Crippen LogP contribution in [-0.2, 0) is 22.5 Å².